The van der Waals surface area contributed by atoms with E-state index in [1.54, 1.807) is 0 Å². The van der Waals surface area contributed by atoms with Crippen LogP contribution in [-0.4, -0.2) is 4.98 Å². The molecule has 2 aliphatic heterocycles. The average molecular weight is 347 g/mol. The summed E-state index contributed by atoms with van der Waals surface area (Å²) in [5.41, 5.74) is 5.81. The van der Waals surface area contributed by atoms with E-state index in [-0.39, 0.29) is 0 Å². The van der Waals surface area contributed by atoms with Crippen molar-refractivity contribution in [2.24, 2.45) is 0 Å². The van der Waals surface area contributed by atoms with Crippen molar-refractivity contribution in [3.63, 3.8) is 0 Å². The Labute approximate surface area is 158 Å². The molecular weight excluding hydrogens is 330 g/mol. The predicted octanol–water partition coefficient (Wildman–Crippen LogP) is 5.01. The molecule has 0 aliphatic carbocycles. The van der Waals surface area contributed by atoms with Crippen molar-refractivity contribution in [3.8, 4) is 0 Å². The number of fused-ring (bicyclic) bond motifs is 8. The van der Waals surface area contributed by atoms with E-state index in [2.05, 4.69) is 83.8 Å². The van der Waals surface area contributed by atoms with Crippen LogP contribution >= 0.6 is 0 Å². The van der Waals surface area contributed by atoms with Crippen LogP contribution in [0.25, 0.3) is 0 Å². The first-order chi connectivity index (χ1) is 13.4. The molecule has 0 saturated heterocycles. The molecule has 0 spiro atoms. The van der Waals surface area contributed by atoms with Crippen molar-refractivity contribution in [2.75, 3.05) is 0 Å². The highest BCUT2D eigenvalue weighted by atomic mass is 16.5. The standard InChI is InChI=1S/C25H17NO/c1-3-9-18(10-4-1)24-20-13-7-8-14-21(20)25(27-24,19-11-5-2-6-12-19)23-17-26-16-15-22(23)24/h1-17H. The van der Waals surface area contributed by atoms with Crippen LogP contribution in [0.2, 0.25) is 0 Å². The van der Waals surface area contributed by atoms with Crippen molar-refractivity contribution < 1.29 is 4.74 Å². The van der Waals surface area contributed by atoms with Crippen LogP contribution in [0, 0.1) is 0 Å². The number of aromatic nitrogens is 1. The molecule has 1 aromatic heterocycles. The van der Waals surface area contributed by atoms with E-state index in [4.69, 9.17) is 4.74 Å². The zero-order valence-electron chi connectivity index (χ0n) is 14.7. The second kappa shape index (κ2) is 5.15. The van der Waals surface area contributed by atoms with Gasteiger partial charge < -0.3 is 4.74 Å². The molecule has 0 fully saturated rings. The lowest BCUT2D eigenvalue weighted by Gasteiger charge is -2.29. The molecule has 0 amide bonds. The quantitative estimate of drug-likeness (QED) is 0.508. The predicted molar refractivity (Wildman–Crippen MR) is 104 cm³/mol. The molecule has 2 atom stereocenters. The first-order valence-electron chi connectivity index (χ1n) is 9.23. The van der Waals surface area contributed by atoms with Gasteiger partial charge >= 0.3 is 0 Å². The lowest BCUT2D eigenvalue weighted by Crippen LogP contribution is -2.27. The molecule has 6 rings (SSSR count). The SMILES string of the molecule is c1ccc(C23OC(c4ccccc4)(c4ccccc42)c2cnccc23)cc1. The molecular formula is C25H17NO. The summed E-state index contributed by atoms with van der Waals surface area (Å²) in [5, 5.41) is 0. The number of benzene rings is 3. The second-order valence-electron chi connectivity index (χ2n) is 7.16. The third-order valence-corrected chi connectivity index (χ3v) is 5.93. The number of pyridine rings is 1. The minimum absolute atomic E-state index is 0.605. The zero-order valence-corrected chi connectivity index (χ0v) is 14.7. The molecule has 0 saturated carbocycles. The zero-order chi connectivity index (χ0) is 17.9. The highest BCUT2D eigenvalue weighted by Gasteiger charge is 2.64. The Hall–Kier alpha value is -3.23. The Morgan fingerprint density at radius 3 is 1.59 bits per heavy atom. The van der Waals surface area contributed by atoms with Gasteiger partial charge in [0.05, 0.1) is 0 Å². The van der Waals surface area contributed by atoms with Gasteiger partial charge in [-0.1, -0.05) is 84.9 Å². The third-order valence-electron chi connectivity index (χ3n) is 5.93. The number of hydrogen-bond donors (Lipinski definition) is 0. The second-order valence-corrected chi connectivity index (χ2v) is 7.16. The normalized spacial score (nSPS) is 24.4. The van der Waals surface area contributed by atoms with Crippen LogP contribution in [0.3, 0.4) is 0 Å². The Kier molecular flexibility index (Phi) is 2.84. The van der Waals surface area contributed by atoms with Gasteiger partial charge in [0.15, 0.2) is 0 Å². The fourth-order valence-electron chi connectivity index (χ4n) is 4.90. The fraction of sp³-hybridized carbons (Fsp3) is 0.0800. The summed E-state index contributed by atoms with van der Waals surface area (Å²) in [6.45, 7) is 0. The summed E-state index contributed by atoms with van der Waals surface area (Å²) in [6, 6.07) is 31.8. The van der Waals surface area contributed by atoms with Crippen LogP contribution in [0.4, 0.5) is 0 Å². The summed E-state index contributed by atoms with van der Waals surface area (Å²) < 4.78 is 7.12. The van der Waals surface area contributed by atoms with Gasteiger partial charge in [-0.05, 0) is 28.3 Å². The Bertz CT molecular complexity index is 1010. The highest BCUT2D eigenvalue weighted by molar-refractivity contribution is 5.69. The molecule has 2 heteroatoms. The number of ether oxygens (including phenoxy) is 1. The van der Waals surface area contributed by atoms with Gasteiger partial charge in [0.1, 0.15) is 11.2 Å². The lowest BCUT2D eigenvalue weighted by atomic mass is 9.69. The molecule has 3 heterocycles. The lowest BCUT2D eigenvalue weighted by molar-refractivity contribution is -0.0258. The van der Waals surface area contributed by atoms with Crippen LogP contribution in [-0.2, 0) is 15.9 Å². The fourth-order valence-corrected chi connectivity index (χ4v) is 4.90. The summed E-state index contributed by atoms with van der Waals surface area (Å²) >= 11 is 0. The van der Waals surface area contributed by atoms with Crippen LogP contribution in [0.5, 0.6) is 0 Å². The average Bonchev–Trinajstić information content (AvgIpc) is 3.25. The van der Waals surface area contributed by atoms with Gasteiger partial charge in [-0.3, -0.25) is 4.98 Å². The molecule has 2 unspecified atom stereocenters. The highest BCUT2D eigenvalue weighted by Crippen LogP contribution is 2.65. The Morgan fingerprint density at radius 2 is 1.00 bits per heavy atom. The first-order valence-corrected chi connectivity index (χ1v) is 9.23. The third kappa shape index (κ3) is 1.67. The van der Waals surface area contributed by atoms with Gasteiger partial charge in [0.25, 0.3) is 0 Å². The van der Waals surface area contributed by atoms with Gasteiger partial charge in [0.2, 0.25) is 0 Å². The van der Waals surface area contributed by atoms with Crippen LogP contribution in [0.15, 0.2) is 103 Å². The molecule has 2 nitrogen and oxygen atoms in total. The Morgan fingerprint density at radius 1 is 0.519 bits per heavy atom. The van der Waals surface area contributed by atoms with Crippen molar-refractivity contribution in [2.45, 2.75) is 11.2 Å². The number of hydrogen-bond acceptors (Lipinski definition) is 2. The molecule has 27 heavy (non-hydrogen) atoms. The monoisotopic (exact) mass is 347 g/mol. The van der Waals surface area contributed by atoms with Gasteiger partial charge in [-0.25, -0.2) is 0 Å². The van der Waals surface area contributed by atoms with Gasteiger partial charge in [-0.15, -0.1) is 0 Å². The molecule has 3 aromatic carbocycles. The molecule has 4 aromatic rings. The van der Waals surface area contributed by atoms with E-state index < -0.39 is 11.2 Å². The smallest absolute Gasteiger partial charge is 0.148 e. The first kappa shape index (κ1) is 14.9. The molecule has 128 valence electrons. The van der Waals surface area contributed by atoms with Crippen LogP contribution < -0.4 is 0 Å². The number of nitrogens with zero attached hydrogens (tertiary/aromatic N) is 1. The van der Waals surface area contributed by atoms with E-state index in [0.717, 1.165) is 16.7 Å². The van der Waals surface area contributed by atoms with Crippen molar-refractivity contribution in [1.82, 2.24) is 4.98 Å². The molecule has 0 radical (unpaired) electrons. The minimum atomic E-state index is -0.628. The van der Waals surface area contributed by atoms with Gasteiger partial charge in [0, 0.05) is 23.5 Å². The maximum Gasteiger partial charge on any atom is 0.148 e. The van der Waals surface area contributed by atoms with Crippen molar-refractivity contribution in [3.05, 3.63) is 137 Å². The molecule has 2 aliphatic rings. The summed E-state index contributed by atoms with van der Waals surface area (Å²) in [5.74, 6) is 0. The van der Waals surface area contributed by atoms with E-state index in [1.807, 2.05) is 24.5 Å². The van der Waals surface area contributed by atoms with Crippen molar-refractivity contribution >= 4 is 0 Å². The summed E-state index contributed by atoms with van der Waals surface area (Å²) in [7, 11) is 0. The van der Waals surface area contributed by atoms with E-state index >= 15 is 0 Å². The Balaban J connectivity index is 1.78. The number of rotatable bonds is 2. The van der Waals surface area contributed by atoms with Gasteiger partial charge in [-0.2, -0.15) is 0 Å². The largest absolute Gasteiger partial charge is 0.340 e. The minimum Gasteiger partial charge on any atom is -0.340 e. The van der Waals surface area contributed by atoms with E-state index in [0.29, 0.717) is 0 Å². The maximum absolute atomic E-state index is 7.12. The molecule has 0 N–H and O–H groups in total. The topological polar surface area (TPSA) is 22.1 Å². The van der Waals surface area contributed by atoms with E-state index in [9.17, 15) is 0 Å². The van der Waals surface area contributed by atoms with E-state index in [1.165, 1.54) is 16.7 Å². The summed E-state index contributed by atoms with van der Waals surface area (Å²) in [6.07, 6.45) is 3.85. The maximum atomic E-state index is 7.12. The molecule has 2 bridgehead atoms. The summed E-state index contributed by atoms with van der Waals surface area (Å²) in [4.78, 5) is 4.46. The van der Waals surface area contributed by atoms with Crippen molar-refractivity contribution in [1.29, 1.82) is 0 Å². The van der Waals surface area contributed by atoms with Crippen LogP contribution in [0.1, 0.15) is 33.4 Å².